The minimum Gasteiger partial charge on any atom is -0.462 e. The van der Waals surface area contributed by atoms with Gasteiger partial charge in [0, 0.05) is 3.57 Å². The molecular weight excluding hydrogens is 345 g/mol. The zero-order valence-corrected chi connectivity index (χ0v) is 12.0. The van der Waals surface area contributed by atoms with Crippen LogP contribution in [0, 0.1) is 10.1 Å². The molecule has 3 nitrogen and oxygen atoms in total. The van der Waals surface area contributed by atoms with Crippen LogP contribution in [0.4, 0.5) is 5.69 Å². The molecule has 0 aliphatic rings. The maximum atomic E-state index is 11.5. The van der Waals surface area contributed by atoms with E-state index in [9.17, 15) is 4.79 Å². The lowest BCUT2D eigenvalue weighted by Crippen LogP contribution is -2.03. The number of carbonyl (C=O) groups is 1. The molecule has 0 saturated heterocycles. The fourth-order valence-electron chi connectivity index (χ4n) is 0.944. The van der Waals surface area contributed by atoms with Crippen molar-refractivity contribution in [2.75, 3.05) is 12.9 Å². The number of halogens is 1. The molecule has 1 rings (SSSR count). The Morgan fingerprint density at radius 1 is 1.73 bits per heavy atom. The van der Waals surface area contributed by atoms with E-state index in [4.69, 9.17) is 11.3 Å². The van der Waals surface area contributed by atoms with Gasteiger partial charge in [-0.2, -0.15) is 0 Å². The molecule has 1 aromatic heterocycles. The Morgan fingerprint density at radius 2 is 2.40 bits per heavy atom. The zero-order valence-electron chi connectivity index (χ0n) is 8.17. The van der Waals surface area contributed by atoms with Crippen LogP contribution in [-0.4, -0.2) is 18.8 Å². The molecule has 0 radical (unpaired) electrons. The molecule has 0 fully saturated rings. The van der Waals surface area contributed by atoms with Crippen molar-refractivity contribution >= 4 is 57.3 Å². The summed E-state index contributed by atoms with van der Waals surface area (Å²) in [5, 5.41) is 0. The van der Waals surface area contributed by atoms with Crippen molar-refractivity contribution in [2.24, 2.45) is 0 Å². The quantitative estimate of drug-likeness (QED) is 0.358. The van der Waals surface area contributed by atoms with Gasteiger partial charge in [-0.15, -0.1) is 23.1 Å². The predicted octanol–water partition coefficient (Wildman–Crippen LogP) is 3.80. The molecule has 0 aliphatic heterocycles. The maximum absolute atomic E-state index is 11.5. The minimum atomic E-state index is -0.336. The lowest BCUT2D eigenvalue weighted by atomic mass is 10.4. The number of thioether (sulfide) groups is 1. The van der Waals surface area contributed by atoms with Gasteiger partial charge in [-0.1, -0.05) is 22.6 Å². The van der Waals surface area contributed by atoms with Gasteiger partial charge in [-0.3, -0.25) is 0 Å². The van der Waals surface area contributed by atoms with Crippen LogP contribution in [0.1, 0.15) is 16.6 Å². The molecule has 80 valence electrons. The molecule has 0 bridgehead atoms. The molecule has 0 aliphatic carbocycles. The molecule has 1 heterocycles. The van der Waals surface area contributed by atoms with E-state index >= 15 is 0 Å². The number of ether oxygens (including phenoxy) is 1. The van der Waals surface area contributed by atoms with Crippen molar-refractivity contribution < 1.29 is 9.53 Å². The second-order valence-electron chi connectivity index (χ2n) is 2.42. The van der Waals surface area contributed by atoms with Gasteiger partial charge >= 0.3 is 5.97 Å². The fourth-order valence-corrected chi connectivity index (χ4v) is 3.93. The first kappa shape index (κ1) is 12.8. The number of esters is 1. The Bertz CT molecular complexity index is 422. The van der Waals surface area contributed by atoms with Gasteiger partial charge in [0.15, 0.2) is 0 Å². The fraction of sp³-hybridized carbons (Fsp3) is 0.333. The lowest BCUT2D eigenvalue weighted by molar-refractivity contribution is 0.0531. The van der Waals surface area contributed by atoms with Crippen LogP contribution >= 0.6 is 45.7 Å². The van der Waals surface area contributed by atoms with Crippen LogP contribution in [0.2, 0.25) is 0 Å². The first-order valence-corrected chi connectivity index (χ1v) is 7.18. The Hall–Kier alpha value is -0.260. The Labute approximate surface area is 110 Å². The van der Waals surface area contributed by atoms with Crippen molar-refractivity contribution in [1.82, 2.24) is 0 Å². The van der Waals surface area contributed by atoms with Gasteiger partial charge in [-0.05, 0) is 13.2 Å². The van der Waals surface area contributed by atoms with E-state index in [1.807, 2.05) is 28.8 Å². The Morgan fingerprint density at radius 3 is 2.80 bits per heavy atom. The van der Waals surface area contributed by atoms with Crippen molar-refractivity contribution in [3.63, 3.8) is 0 Å². The molecule has 0 N–H and O–H groups in total. The molecule has 1 aromatic rings. The highest BCUT2D eigenvalue weighted by atomic mass is 127. The molecular formula is C9H8INO2S2. The summed E-state index contributed by atoms with van der Waals surface area (Å²) in [6.07, 6.45) is 1.89. The predicted molar refractivity (Wildman–Crippen MR) is 71.0 cm³/mol. The first-order chi connectivity index (χ1) is 7.15. The second-order valence-corrected chi connectivity index (χ2v) is 5.59. The molecule has 0 saturated carbocycles. The van der Waals surface area contributed by atoms with Crippen molar-refractivity contribution in [3.8, 4) is 0 Å². The van der Waals surface area contributed by atoms with Crippen LogP contribution < -0.4 is 0 Å². The normalized spacial score (nSPS) is 9.73. The van der Waals surface area contributed by atoms with E-state index in [1.54, 1.807) is 6.92 Å². The van der Waals surface area contributed by atoms with Gasteiger partial charge in [-0.25, -0.2) is 9.64 Å². The molecule has 0 aromatic carbocycles. The molecule has 0 atom stereocenters. The number of thiophene rings is 1. The third-order valence-electron chi connectivity index (χ3n) is 1.55. The lowest BCUT2D eigenvalue weighted by Gasteiger charge is -1.98. The van der Waals surface area contributed by atoms with Crippen molar-refractivity contribution in [1.29, 1.82) is 0 Å². The average molecular weight is 353 g/mol. The second kappa shape index (κ2) is 5.72. The Kier molecular flexibility index (Phi) is 4.89. The largest absolute Gasteiger partial charge is 0.462 e. The number of carbonyl (C=O) groups excluding carboxylic acids is 1. The highest BCUT2D eigenvalue weighted by Crippen LogP contribution is 2.42. The first-order valence-electron chi connectivity index (χ1n) is 4.06. The van der Waals surface area contributed by atoms with E-state index in [1.165, 1.54) is 23.1 Å². The third kappa shape index (κ3) is 2.65. The topological polar surface area (TPSA) is 30.7 Å². The summed E-state index contributed by atoms with van der Waals surface area (Å²) in [6, 6.07) is 0. The summed E-state index contributed by atoms with van der Waals surface area (Å²) in [5.74, 6) is -0.336. The van der Waals surface area contributed by atoms with Crippen molar-refractivity contribution in [2.45, 2.75) is 11.1 Å². The van der Waals surface area contributed by atoms with E-state index < -0.39 is 0 Å². The highest BCUT2D eigenvalue weighted by molar-refractivity contribution is 14.1. The minimum absolute atomic E-state index is 0.336. The van der Waals surface area contributed by atoms with E-state index in [0.717, 1.165) is 4.21 Å². The maximum Gasteiger partial charge on any atom is 0.348 e. The standard InChI is InChI=1S/C9H8INO2S2/c1-4-13-8(12)7-5(10)6(11-2)9(14-3)15-7/h4H2,1,3H3. The van der Waals surface area contributed by atoms with Crippen molar-refractivity contribution in [3.05, 3.63) is 19.9 Å². The number of nitrogens with zero attached hydrogens (tertiary/aromatic N) is 1. The van der Waals surface area contributed by atoms with Crippen LogP contribution in [0.5, 0.6) is 0 Å². The van der Waals surface area contributed by atoms with Gasteiger partial charge in [0.05, 0.1) is 17.4 Å². The van der Waals surface area contributed by atoms with Gasteiger partial charge in [0.1, 0.15) is 4.88 Å². The van der Waals surface area contributed by atoms with Crippen LogP contribution in [0.25, 0.3) is 4.85 Å². The number of hydrogen-bond acceptors (Lipinski definition) is 4. The molecule has 15 heavy (non-hydrogen) atoms. The molecule has 0 amide bonds. The number of hydrogen-bond donors (Lipinski definition) is 0. The zero-order chi connectivity index (χ0) is 11.4. The van der Waals surface area contributed by atoms with Gasteiger partial charge in [0.2, 0.25) is 5.69 Å². The van der Waals surface area contributed by atoms with E-state index in [2.05, 4.69) is 4.85 Å². The Balaban J connectivity index is 3.16. The van der Waals surface area contributed by atoms with Gasteiger partial charge < -0.3 is 4.74 Å². The van der Waals surface area contributed by atoms with E-state index in [0.29, 0.717) is 20.7 Å². The molecule has 0 unspecified atom stereocenters. The summed E-state index contributed by atoms with van der Waals surface area (Å²) < 4.78 is 6.50. The highest BCUT2D eigenvalue weighted by Gasteiger charge is 2.21. The smallest absolute Gasteiger partial charge is 0.348 e. The molecule has 0 spiro atoms. The summed E-state index contributed by atoms with van der Waals surface area (Å²) in [5.41, 5.74) is 0.566. The van der Waals surface area contributed by atoms with Crippen LogP contribution in [0.15, 0.2) is 4.21 Å². The van der Waals surface area contributed by atoms with E-state index in [-0.39, 0.29) is 5.97 Å². The van der Waals surface area contributed by atoms with Crippen LogP contribution in [-0.2, 0) is 4.74 Å². The number of rotatable bonds is 3. The summed E-state index contributed by atoms with van der Waals surface area (Å²) in [7, 11) is 0. The van der Waals surface area contributed by atoms with Gasteiger partial charge in [0.25, 0.3) is 0 Å². The monoisotopic (exact) mass is 353 g/mol. The summed E-state index contributed by atoms with van der Waals surface area (Å²) >= 11 is 4.83. The summed E-state index contributed by atoms with van der Waals surface area (Å²) in [6.45, 7) is 9.17. The SMILES string of the molecule is [C-]#[N+]c1c(SC)sc(C(=O)OCC)c1I. The third-order valence-corrected chi connectivity index (χ3v) is 5.24. The van der Waals surface area contributed by atoms with Crippen LogP contribution in [0.3, 0.4) is 0 Å². The average Bonchev–Trinajstić information content (AvgIpc) is 2.55. The summed E-state index contributed by atoms with van der Waals surface area (Å²) in [4.78, 5) is 15.5. The molecule has 6 heteroatoms.